The number of carbonyl (C=O) groups is 1. The van der Waals surface area contributed by atoms with E-state index in [9.17, 15) is 9.18 Å². The molecule has 1 unspecified atom stereocenters. The van der Waals surface area contributed by atoms with E-state index >= 15 is 0 Å². The van der Waals surface area contributed by atoms with Crippen molar-refractivity contribution in [3.63, 3.8) is 0 Å². The molecule has 0 bridgehead atoms. The number of morpholine rings is 1. The Bertz CT molecular complexity index is 1150. The molecule has 5 rings (SSSR count). The van der Waals surface area contributed by atoms with Gasteiger partial charge in [0.15, 0.2) is 0 Å². The van der Waals surface area contributed by atoms with E-state index in [4.69, 9.17) is 10.5 Å². The molecule has 11 heteroatoms. The normalized spacial score (nSPS) is 20.3. The molecule has 4 heterocycles. The molecule has 1 saturated carbocycles. The van der Waals surface area contributed by atoms with Gasteiger partial charge in [-0.05, 0) is 37.1 Å². The number of carbonyl (C=O) groups excluding carboxylic acids is 1. The number of anilines is 1. The van der Waals surface area contributed by atoms with Crippen LogP contribution in [-0.2, 0) is 14.9 Å². The largest absolute Gasteiger partial charge is 0.378 e. The first-order chi connectivity index (χ1) is 16.6. The maximum absolute atomic E-state index is 14.3. The smallest absolute Gasteiger partial charge is 0.227 e. The minimum absolute atomic E-state index is 0.181. The molecule has 34 heavy (non-hydrogen) atoms. The summed E-state index contributed by atoms with van der Waals surface area (Å²) in [4.78, 5) is 21.6. The third-order valence-electron chi connectivity index (χ3n) is 6.55. The second kappa shape index (κ2) is 9.69. The summed E-state index contributed by atoms with van der Waals surface area (Å²) in [6, 6.07) is 6.54. The lowest BCUT2D eigenvalue weighted by Gasteiger charge is -2.41. The molecule has 0 aromatic carbocycles. The molecule has 0 radical (unpaired) electrons. The lowest BCUT2D eigenvalue weighted by Crippen LogP contribution is -2.48. The second-order valence-corrected chi connectivity index (χ2v) is 9.77. The first-order valence-electron chi connectivity index (χ1n) is 11.3. The number of halogens is 1. The van der Waals surface area contributed by atoms with E-state index in [0.29, 0.717) is 48.5 Å². The maximum Gasteiger partial charge on any atom is 0.227 e. The van der Waals surface area contributed by atoms with Gasteiger partial charge in [-0.2, -0.15) is 0 Å². The number of hydrogen-bond donors (Lipinski definition) is 3. The van der Waals surface area contributed by atoms with Crippen LogP contribution in [0.3, 0.4) is 0 Å². The molecule has 9 nitrogen and oxygen atoms in total. The fourth-order valence-electron chi connectivity index (χ4n) is 4.56. The second-order valence-electron chi connectivity index (χ2n) is 8.71. The molecule has 2 atom stereocenters. The van der Waals surface area contributed by atoms with Crippen molar-refractivity contribution in [1.29, 1.82) is 0 Å². The summed E-state index contributed by atoms with van der Waals surface area (Å²) in [7, 11) is 0. The summed E-state index contributed by atoms with van der Waals surface area (Å²) in [6.07, 6.45) is 6.10. The Labute approximate surface area is 200 Å². The van der Waals surface area contributed by atoms with Gasteiger partial charge in [0.1, 0.15) is 22.3 Å². The van der Waals surface area contributed by atoms with Gasteiger partial charge in [-0.1, -0.05) is 6.42 Å². The highest BCUT2D eigenvalue weighted by atomic mass is 32.1. The van der Waals surface area contributed by atoms with E-state index in [0.717, 1.165) is 24.1 Å². The van der Waals surface area contributed by atoms with Crippen LogP contribution in [0.25, 0.3) is 10.7 Å². The zero-order chi connectivity index (χ0) is 23.5. The van der Waals surface area contributed by atoms with Gasteiger partial charge in [0.05, 0.1) is 24.8 Å². The number of nitrogens with one attached hydrogen (secondary N) is 2. The molecule has 1 amide bonds. The Hall–Kier alpha value is -3.02. The van der Waals surface area contributed by atoms with Crippen molar-refractivity contribution in [3.8, 4) is 10.7 Å². The summed E-state index contributed by atoms with van der Waals surface area (Å²) in [5.74, 6) is -0.611. The molecule has 2 fully saturated rings. The van der Waals surface area contributed by atoms with Crippen LogP contribution >= 0.6 is 11.3 Å². The van der Waals surface area contributed by atoms with Crippen molar-refractivity contribution in [2.24, 2.45) is 5.73 Å². The number of thiazole rings is 1. The third-order valence-corrected chi connectivity index (χ3v) is 7.66. The van der Waals surface area contributed by atoms with Crippen LogP contribution in [0, 0.1) is 5.82 Å². The van der Waals surface area contributed by atoms with Crippen molar-refractivity contribution in [1.82, 2.24) is 25.5 Å². The van der Waals surface area contributed by atoms with Crippen LogP contribution < -0.4 is 16.4 Å². The number of amides is 1. The van der Waals surface area contributed by atoms with E-state index in [1.54, 1.807) is 18.5 Å². The standard InChI is InChI=1S/C23H26FN7O2S/c24-14-3-1-8-27-20(14)23(6-2-7-23)13-29-18-5-4-15(30-31-18)22-28-11-17(34-22)19(21(25)32)16-12-33-10-9-26-16/h1,3-5,8,11,16,19,26H,2,6-7,9-10,12-13H2,(H2,25,32)(H,29,31)/t16-,19?/m1/s1. The number of hydrogen-bond acceptors (Lipinski definition) is 9. The minimum atomic E-state index is -0.522. The van der Waals surface area contributed by atoms with Crippen LogP contribution in [-0.4, -0.2) is 58.4 Å². The molecule has 4 N–H and O–H groups in total. The molecule has 1 aliphatic heterocycles. The average Bonchev–Trinajstić information content (AvgIpc) is 3.30. The SMILES string of the molecule is NC(=O)C(c1cnc(-c2ccc(NCC3(c4ncccc4F)CCC3)nn2)s1)[C@H]1COCCN1. The van der Waals surface area contributed by atoms with Gasteiger partial charge in [0.2, 0.25) is 5.91 Å². The highest BCUT2D eigenvalue weighted by Gasteiger charge is 2.41. The highest BCUT2D eigenvalue weighted by Crippen LogP contribution is 2.43. The zero-order valence-corrected chi connectivity index (χ0v) is 19.4. The van der Waals surface area contributed by atoms with Crippen molar-refractivity contribution in [3.05, 3.63) is 53.0 Å². The molecule has 1 saturated heterocycles. The van der Waals surface area contributed by atoms with Gasteiger partial charge in [0, 0.05) is 41.8 Å². The van der Waals surface area contributed by atoms with Crippen molar-refractivity contribution >= 4 is 23.1 Å². The topological polar surface area (TPSA) is 128 Å². The number of aromatic nitrogens is 4. The third kappa shape index (κ3) is 4.50. The Morgan fingerprint density at radius 1 is 1.32 bits per heavy atom. The summed E-state index contributed by atoms with van der Waals surface area (Å²) in [5, 5.41) is 15.8. The fourth-order valence-corrected chi connectivity index (χ4v) is 5.62. The summed E-state index contributed by atoms with van der Waals surface area (Å²) >= 11 is 1.37. The van der Waals surface area contributed by atoms with E-state index in [2.05, 4.69) is 30.8 Å². The number of primary amides is 1. The predicted molar refractivity (Wildman–Crippen MR) is 126 cm³/mol. The number of nitrogens with two attached hydrogens (primary N) is 1. The predicted octanol–water partition coefficient (Wildman–Crippen LogP) is 2.23. The zero-order valence-electron chi connectivity index (χ0n) is 18.5. The number of nitrogens with zero attached hydrogens (tertiary/aromatic N) is 4. The number of pyridine rings is 1. The quantitative estimate of drug-likeness (QED) is 0.445. The maximum atomic E-state index is 14.3. The first kappa shape index (κ1) is 22.8. The number of rotatable bonds is 8. The molecule has 2 aliphatic rings. The fraction of sp³-hybridized carbons (Fsp3) is 0.435. The molecule has 3 aromatic rings. The average molecular weight is 484 g/mol. The Balaban J connectivity index is 1.27. The summed E-state index contributed by atoms with van der Waals surface area (Å²) in [5.41, 5.74) is 6.47. The molecular formula is C23H26FN7O2S. The minimum Gasteiger partial charge on any atom is -0.378 e. The van der Waals surface area contributed by atoms with Crippen LogP contribution in [0.4, 0.5) is 10.2 Å². The van der Waals surface area contributed by atoms with Gasteiger partial charge in [0.25, 0.3) is 0 Å². The lowest BCUT2D eigenvalue weighted by atomic mass is 9.66. The summed E-state index contributed by atoms with van der Waals surface area (Å²) < 4.78 is 19.8. The number of ether oxygens (including phenoxy) is 1. The van der Waals surface area contributed by atoms with Crippen LogP contribution in [0.1, 0.15) is 35.8 Å². The Morgan fingerprint density at radius 3 is 2.85 bits per heavy atom. The van der Waals surface area contributed by atoms with Crippen molar-refractivity contribution in [2.75, 3.05) is 31.6 Å². The first-order valence-corrected chi connectivity index (χ1v) is 12.1. The van der Waals surface area contributed by atoms with Crippen molar-refractivity contribution in [2.45, 2.75) is 36.6 Å². The van der Waals surface area contributed by atoms with Gasteiger partial charge >= 0.3 is 0 Å². The Kier molecular flexibility index (Phi) is 6.48. The van der Waals surface area contributed by atoms with E-state index in [1.165, 1.54) is 17.4 Å². The molecule has 1 aliphatic carbocycles. The van der Waals surface area contributed by atoms with Crippen LogP contribution in [0.2, 0.25) is 0 Å². The van der Waals surface area contributed by atoms with E-state index < -0.39 is 11.8 Å². The van der Waals surface area contributed by atoms with Gasteiger partial charge in [-0.3, -0.25) is 9.78 Å². The van der Waals surface area contributed by atoms with E-state index in [-0.39, 0.29) is 17.3 Å². The monoisotopic (exact) mass is 483 g/mol. The van der Waals surface area contributed by atoms with Gasteiger partial charge < -0.3 is 21.1 Å². The molecule has 3 aromatic heterocycles. The molecule has 0 spiro atoms. The van der Waals surface area contributed by atoms with Gasteiger partial charge in [-0.15, -0.1) is 21.5 Å². The molecular weight excluding hydrogens is 457 g/mol. The lowest BCUT2D eigenvalue weighted by molar-refractivity contribution is -0.120. The van der Waals surface area contributed by atoms with E-state index in [1.807, 2.05) is 12.1 Å². The highest BCUT2D eigenvalue weighted by molar-refractivity contribution is 7.15. The van der Waals surface area contributed by atoms with Crippen molar-refractivity contribution < 1.29 is 13.9 Å². The Morgan fingerprint density at radius 2 is 2.21 bits per heavy atom. The summed E-state index contributed by atoms with van der Waals surface area (Å²) in [6.45, 7) is 2.25. The molecule has 178 valence electrons. The van der Waals surface area contributed by atoms with Crippen LogP contribution in [0.15, 0.2) is 36.7 Å². The van der Waals surface area contributed by atoms with Crippen LogP contribution in [0.5, 0.6) is 0 Å². The van der Waals surface area contributed by atoms with Gasteiger partial charge in [-0.25, -0.2) is 9.37 Å².